The van der Waals surface area contributed by atoms with E-state index < -0.39 is 0 Å². The fourth-order valence-corrected chi connectivity index (χ4v) is 4.09. The van der Waals surface area contributed by atoms with Crippen molar-refractivity contribution in [2.24, 2.45) is 0 Å². The summed E-state index contributed by atoms with van der Waals surface area (Å²) in [6.45, 7) is 4.87. The Bertz CT molecular complexity index is 1400. The first-order valence-electron chi connectivity index (χ1n) is 10.7. The second kappa shape index (κ2) is 8.26. The van der Waals surface area contributed by atoms with Gasteiger partial charge in [0.05, 0.1) is 7.11 Å². The van der Waals surface area contributed by atoms with Gasteiger partial charge < -0.3 is 25.3 Å². The lowest BCUT2D eigenvalue weighted by atomic mass is 10.1. The number of anilines is 3. The molecule has 5 rings (SSSR count). The first-order valence-corrected chi connectivity index (χ1v) is 10.7. The number of fused-ring (bicyclic) bond motifs is 2. The minimum Gasteiger partial charge on any atom is -0.497 e. The van der Waals surface area contributed by atoms with Crippen LogP contribution in [0.4, 0.5) is 17.5 Å². The zero-order chi connectivity index (χ0) is 22.1. The number of aromatic nitrogens is 4. The molecule has 0 fully saturated rings. The highest BCUT2D eigenvalue weighted by molar-refractivity contribution is 5.87. The molecule has 7 nitrogen and oxygen atoms in total. The SMILES string of the molecule is COc1cc(C)c2[nH]cc(CCNc3nccc(Nc4ccc5[nH]c(C)cc5c4)n3)c2c1. The Morgan fingerprint density at radius 1 is 1.06 bits per heavy atom. The molecule has 3 heterocycles. The molecule has 32 heavy (non-hydrogen) atoms. The first-order chi connectivity index (χ1) is 15.6. The van der Waals surface area contributed by atoms with Crippen molar-refractivity contribution in [1.29, 1.82) is 0 Å². The van der Waals surface area contributed by atoms with Crippen molar-refractivity contribution in [3.63, 3.8) is 0 Å². The Balaban J connectivity index is 1.26. The van der Waals surface area contributed by atoms with E-state index in [0.29, 0.717) is 5.95 Å². The van der Waals surface area contributed by atoms with Crippen molar-refractivity contribution >= 4 is 39.3 Å². The van der Waals surface area contributed by atoms with E-state index in [9.17, 15) is 0 Å². The van der Waals surface area contributed by atoms with E-state index in [-0.39, 0.29) is 0 Å². The molecule has 0 atom stereocenters. The lowest BCUT2D eigenvalue weighted by molar-refractivity contribution is 0.415. The molecular weight excluding hydrogens is 400 g/mol. The number of nitrogens with zero attached hydrogens (tertiary/aromatic N) is 2. The molecule has 0 aliphatic rings. The third kappa shape index (κ3) is 3.97. The number of aromatic amines is 2. The lowest BCUT2D eigenvalue weighted by Gasteiger charge is -2.09. The smallest absolute Gasteiger partial charge is 0.224 e. The van der Waals surface area contributed by atoms with Gasteiger partial charge in [-0.05, 0) is 73.9 Å². The second-order valence-electron chi connectivity index (χ2n) is 8.00. The number of benzene rings is 2. The third-order valence-corrected chi connectivity index (χ3v) is 5.64. The summed E-state index contributed by atoms with van der Waals surface area (Å²) in [6.07, 6.45) is 4.67. The number of aryl methyl sites for hydroxylation is 2. The van der Waals surface area contributed by atoms with Crippen molar-refractivity contribution in [1.82, 2.24) is 19.9 Å². The molecule has 162 valence electrons. The van der Waals surface area contributed by atoms with Crippen LogP contribution < -0.4 is 15.4 Å². The highest BCUT2D eigenvalue weighted by Crippen LogP contribution is 2.27. The Morgan fingerprint density at radius 2 is 1.97 bits per heavy atom. The molecule has 0 amide bonds. The summed E-state index contributed by atoms with van der Waals surface area (Å²) in [5.74, 6) is 2.22. The van der Waals surface area contributed by atoms with Gasteiger partial charge in [-0.15, -0.1) is 0 Å². The van der Waals surface area contributed by atoms with Gasteiger partial charge in [0.2, 0.25) is 5.95 Å². The number of nitrogens with one attached hydrogen (secondary N) is 4. The summed E-state index contributed by atoms with van der Waals surface area (Å²) in [7, 11) is 1.70. The summed E-state index contributed by atoms with van der Waals surface area (Å²) in [4.78, 5) is 15.7. The summed E-state index contributed by atoms with van der Waals surface area (Å²) in [6, 6.07) is 14.4. The molecule has 0 bridgehead atoms. The van der Waals surface area contributed by atoms with Crippen LogP contribution in [0.1, 0.15) is 16.8 Å². The molecule has 5 aromatic rings. The zero-order valence-corrected chi connectivity index (χ0v) is 18.4. The molecule has 0 aliphatic carbocycles. The van der Waals surface area contributed by atoms with Crippen LogP contribution in [0.25, 0.3) is 21.8 Å². The molecule has 0 saturated heterocycles. The van der Waals surface area contributed by atoms with Gasteiger partial charge in [-0.1, -0.05) is 0 Å². The minimum absolute atomic E-state index is 0.599. The van der Waals surface area contributed by atoms with Gasteiger partial charge in [0.1, 0.15) is 11.6 Å². The van der Waals surface area contributed by atoms with Crippen LogP contribution in [0.2, 0.25) is 0 Å². The van der Waals surface area contributed by atoms with Crippen LogP contribution in [-0.2, 0) is 6.42 Å². The first kappa shape index (κ1) is 19.9. The Labute approximate surface area is 186 Å². The monoisotopic (exact) mass is 426 g/mol. The van der Waals surface area contributed by atoms with Gasteiger partial charge in [-0.25, -0.2) is 4.98 Å². The maximum atomic E-state index is 5.43. The topological polar surface area (TPSA) is 90.6 Å². The molecule has 0 saturated carbocycles. The number of methoxy groups -OCH3 is 1. The minimum atomic E-state index is 0.599. The maximum Gasteiger partial charge on any atom is 0.224 e. The number of hydrogen-bond acceptors (Lipinski definition) is 5. The molecule has 0 unspecified atom stereocenters. The van der Waals surface area contributed by atoms with Gasteiger partial charge in [0.25, 0.3) is 0 Å². The number of H-pyrrole nitrogens is 2. The van der Waals surface area contributed by atoms with Crippen LogP contribution >= 0.6 is 0 Å². The van der Waals surface area contributed by atoms with Crippen LogP contribution in [0, 0.1) is 13.8 Å². The molecule has 0 radical (unpaired) electrons. The van der Waals surface area contributed by atoms with E-state index >= 15 is 0 Å². The second-order valence-corrected chi connectivity index (χ2v) is 8.00. The average Bonchev–Trinajstić information content (AvgIpc) is 3.36. The number of ether oxygens (including phenoxy) is 1. The predicted molar refractivity (Wildman–Crippen MR) is 130 cm³/mol. The fraction of sp³-hybridized carbons (Fsp3) is 0.200. The Morgan fingerprint density at radius 3 is 2.84 bits per heavy atom. The largest absolute Gasteiger partial charge is 0.497 e. The summed E-state index contributed by atoms with van der Waals surface area (Å²) in [5.41, 5.74) is 6.83. The summed E-state index contributed by atoms with van der Waals surface area (Å²) >= 11 is 0. The van der Waals surface area contributed by atoms with Crippen LogP contribution in [0.5, 0.6) is 5.75 Å². The number of rotatable bonds is 7. The summed E-state index contributed by atoms with van der Waals surface area (Å²) < 4.78 is 5.43. The van der Waals surface area contributed by atoms with Crippen LogP contribution in [-0.4, -0.2) is 33.6 Å². The quantitative estimate of drug-likeness (QED) is 0.277. The zero-order valence-electron chi connectivity index (χ0n) is 18.4. The van der Waals surface area contributed by atoms with E-state index in [1.165, 1.54) is 21.9 Å². The van der Waals surface area contributed by atoms with Crippen molar-refractivity contribution in [3.8, 4) is 5.75 Å². The van der Waals surface area contributed by atoms with Crippen LogP contribution in [0.3, 0.4) is 0 Å². The molecule has 4 N–H and O–H groups in total. The molecular formula is C25H26N6O. The molecule has 0 spiro atoms. The molecule has 7 heteroatoms. The Hall–Kier alpha value is -4.00. The van der Waals surface area contributed by atoms with Crippen LogP contribution in [0.15, 0.2) is 54.9 Å². The fourth-order valence-electron chi connectivity index (χ4n) is 4.09. The van der Waals surface area contributed by atoms with Crippen molar-refractivity contribution in [2.75, 3.05) is 24.3 Å². The lowest BCUT2D eigenvalue weighted by Crippen LogP contribution is -2.08. The van der Waals surface area contributed by atoms with Crippen molar-refractivity contribution in [3.05, 3.63) is 71.7 Å². The maximum absolute atomic E-state index is 5.43. The normalized spacial score (nSPS) is 11.2. The molecule has 3 aromatic heterocycles. The Kier molecular flexibility index (Phi) is 5.15. The van der Waals surface area contributed by atoms with E-state index in [2.05, 4.69) is 74.9 Å². The standard InChI is InChI=1S/C25H26N6O/c1-15-10-20(32-3)13-21-17(14-28-24(15)21)6-8-26-25-27-9-7-23(31-25)30-19-4-5-22-18(12-19)11-16(2)29-22/h4-5,7,9-14,28-29H,6,8H2,1-3H3,(H2,26,27,30,31). The molecule has 0 aliphatic heterocycles. The van der Waals surface area contributed by atoms with Gasteiger partial charge >= 0.3 is 0 Å². The number of hydrogen-bond donors (Lipinski definition) is 4. The summed E-state index contributed by atoms with van der Waals surface area (Å²) in [5, 5.41) is 9.07. The van der Waals surface area contributed by atoms with E-state index in [1.807, 2.05) is 18.2 Å². The average molecular weight is 427 g/mol. The predicted octanol–water partition coefficient (Wildman–Crippen LogP) is 5.46. The van der Waals surface area contributed by atoms with Crippen molar-refractivity contribution in [2.45, 2.75) is 20.3 Å². The highest BCUT2D eigenvalue weighted by Gasteiger charge is 2.09. The molecule has 2 aromatic carbocycles. The third-order valence-electron chi connectivity index (χ3n) is 5.64. The van der Waals surface area contributed by atoms with E-state index in [1.54, 1.807) is 13.3 Å². The van der Waals surface area contributed by atoms with Gasteiger partial charge in [-0.3, -0.25) is 0 Å². The van der Waals surface area contributed by atoms with E-state index in [0.717, 1.165) is 46.9 Å². The van der Waals surface area contributed by atoms with E-state index in [4.69, 9.17) is 4.74 Å². The van der Waals surface area contributed by atoms with Crippen molar-refractivity contribution < 1.29 is 4.74 Å². The van der Waals surface area contributed by atoms with Gasteiger partial charge in [0.15, 0.2) is 0 Å². The van der Waals surface area contributed by atoms with Gasteiger partial charge in [0, 0.05) is 52.1 Å². The highest BCUT2D eigenvalue weighted by atomic mass is 16.5. The van der Waals surface area contributed by atoms with Gasteiger partial charge in [-0.2, -0.15) is 4.98 Å².